The number of halogens is 1. The van der Waals surface area contributed by atoms with Crippen molar-refractivity contribution in [1.82, 2.24) is 10.6 Å². The van der Waals surface area contributed by atoms with Gasteiger partial charge in [0.2, 0.25) is 0 Å². The smallest absolute Gasteiger partial charge is 0.152 e. The maximum absolute atomic E-state index is 6.48. The molecule has 0 aliphatic carbocycles. The number of rotatable bonds is 8. The Bertz CT molecular complexity index is 544. The molecule has 0 radical (unpaired) electrons. The van der Waals surface area contributed by atoms with Gasteiger partial charge in [0.05, 0.1) is 12.6 Å². The average molecular weight is 383 g/mol. The summed E-state index contributed by atoms with van der Waals surface area (Å²) in [6, 6.07) is 7.62. The van der Waals surface area contributed by atoms with E-state index in [1.807, 2.05) is 45.0 Å². The Kier molecular flexibility index (Phi) is 11.2. The Balaban J connectivity index is 0.00000163. The number of nitrogens with one attached hydrogen (secondary N) is 2. The molecule has 1 unspecified atom stereocenters. The van der Waals surface area contributed by atoms with E-state index in [0.717, 1.165) is 49.5 Å². The largest absolute Gasteiger partial charge is 0.492 e. The lowest BCUT2D eigenvalue weighted by Gasteiger charge is -2.30. The van der Waals surface area contributed by atoms with E-state index in [-0.39, 0.29) is 6.04 Å². The molecule has 1 fully saturated rings. The highest BCUT2D eigenvalue weighted by atomic mass is 35.5. The molecule has 2 rings (SSSR count). The lowest BCUT2D eigenvalue weighted by molar-refractivity contribution is 0.166. The second-order valence-corrected chi connectivity index (χ2v) is 6.52. The van der Waals surface area contributed by atoms with Crippen molar-refractivity contribution in [1.29, 1.82) is 0 Å². The van der Waals surface area contributed by atoms with Gasteiger partial charge in [-0.25, -0.2) is 0 Å². The van der Waals surface area contributed by atoms with Crippen molar-refractivity contribution in [3.8, 4) is 0 Å². The van der Waals surface area contributed by atoms with Crippen LogP contribution in [-0.2, 0) is 11.2 Å². The van der Waals surface area contributed by atoms with Crippen LogP contribution in [-0.4, -0.2) is 32.3 Å². The molecule has 0 amide bonds. The van der Waals surface area contributed by atoms with Gasteiger partial charge in [-0.1, -0.05) is 43.6 Å². The van der Waals surface area contributed by atoms with Crippen molar-refractivity contribution < 1.29 is 4.74 Å². The van der Waals surface area contributed by atoms with E-state index < -0.39 is 0 Å². The molecule has 1 saturated heterocycles. The van der Waals surface area contributed by atoms with Gasteiger partial charge in [0.1, 0.15) is 5.82 Å². The first-order valence-electron chi connectivity index (χ1n) is 9.69. The van der Waals surface area contributed by atoms with Crippen LogP contribution in [0.3, 0.4) is 0 Å². The summed E-state index contributed by atoms with van der Waals surface area (Å²) < 4.78 is 6.02. The standard InChI is InChI=1S/C18H29ClN4O.C2H6/c1-2-23-18(21)17(16(20)14-7-10-22-11-8-14)24-12-9-13-5-3-4-6-15(13)19;1-2/h3-6,14,16,22-23H,2,7-12,20-21H2,1H3;1-2H3/b18-17+;. The van der Waals surface area contributed by atoms with Gasteiger partial charge in [-0.15, -0.1) is 0 Å². The monoisotopic (exact) mass is 382 g/mol. The zero-order chi connectivity index (χ0) is 19.4. The molecule has 148 valence electrons. The van der Waals surface area contributed by atoms with Gasteiger partial charge in [-0.05, 0) is 50.4 Å². The number of hydrogen-bond acceptors (Lipinski definition) is 5. The number of piperidine rings is 1. The molecular formula is C20H35ClN4O. The Labute approximate surface area is 163 Å². The number of hydrogen-bond donors (Lipinski definition) is 4. The van der Waals surface area contributed by atoms with Crippen LogP contribution in [0.15, 0.2) is 35.8 Å². The van der Waals surface area contributed by atoms with Gasteiger partial charge < -0.3 is 26.8 Å². The van der Waals surface area contributed by atoms with E-state index in [2.05, 4.69) is 10.6 Å². The fraction of sp³-hybridized carbons (Fsp3) is 0.600. The molecule has 6 N–H and O–H groups in total. The van der Waals surface area contributed by atoms with E-state index >= 15 is 0 Å². The highest BCUT2D eigenvalue weighted by Gasteiger charge is 2.26. The first-order chi connectivity index (χ1) is 12.6. The van der Waals surface area contributed by atoms with Gasteiger partial charge in [-0.3, -0.25) is 0 Å². The molecule has 26 heavy (non-hydrogen) atoms. The van der Waals surface area contributed by atoms with E-state index in [4.69, 9.17) is 27.8 Å². The minimum absolute atomic E-state index is 0.183. The third kappa shape index (κ3) is 7.06. The quantitative estimate of drug-likeness (QED) is 0.519. The van der Waals surface area contributed by atoms with Crippen molar-refractivity contribution in [2.24, 2.45) is 17.4 Å². The van der Waals surface area contributed by atoms with E-state index in [1.165, 1.54) is 0 Å². The summed E-state index contributed by atoms with van der Waals surface area (Å²) in [5.74, 6) is 1.61. The Morgan fingerprint density at radius 1 is 1.31 bits per heavy atom. The number of nitrogens with two attached hydrogens (primary N) is 2. The van der Waals surface area contributed by atoms with Crippen molar-refractivity contribution in [3.05, 3.63) is 46.4 Å². The molecule has 0 spiro atoms. The van der Waals surface area contributed by atoms with Crippen LogP contribution in [0.25, 0.3) is 0 Å². The van der Waals surface area contributed by atoms with Crippen LogP contribution in [0.1, 0.15) is 39.2 Å². The van der Waals surface area contributed by atoms with Crippen molar-refractivity contribution in [2.75, 3.05) is 26.2 Å². The van der Waals surface area contributed by atoms with Crippen LogP contribution in [0, 0.1) is 5.92 Å². The summed E-state index contributed by atoms with van der Waals surface area (Å²) in [7, 11) is 0. The van der Waals surface area contributed by atoms with Gasteiger partial charge in [-0.2, -0.15) is 0 Å². The van der Waals surface area contributed by atoms with Crippen LogP contribution in [0.4, 0.5) is 0 Å². The van der Waals surface area contributed by atoms with Crippen molar-refractivity contribution >= 4 is 11.6 Å². The van der Waals surface area contributed by atoms with Crippen molar-refractivity contribution in [3.63, 3.8) is 0 Å². The fourth-order valence-corrected chi connectivity index (χ4v) is 3.25. The Hall–Kier alpha value is -1.43. The highest BCUT2D eigenvalue weighted by Crippen LogP contribution is 2.22. The highest BCUT2D eigenvalue weighted by molar-refractivity contribution is 6.31. The van der Waals surface area contributed by atoms with Crippen LogP contribution < -0.4 is 22.1 Å². The predicted octanol–water partition coefficient (Wildman–Crippen LogP) is 2.99. The minimum atomic E-state index is -0.183. The summed E-state index contributed by atoms with van der Waals surface area (Å²) in [6.45, 7) is 9.23. The molecule has 1 aliphatic heterocycles. The van der Waals surface area contributed by atoms with E-state index in [1.54, 1.807) is 0 Å². The number of benzene rings is 1. The summed E-state index contributed by atoms with van der Waals surface area (Å²) in [6.07, 6.45) is 2.80. The fourth-order valence-electron chi connectivity index (χ4n) is 3.02. The molecule has 1 aromatic rings. The second-order valence-electron chi connectivity index (χ2n) is 6.11. The van der Waals surface area contributed by atoms with Crippen LogP contribution >= 0.6 is 11.6 Å². The lowest BCUT2D eigenvalue weighted by Crippen LogP contribution is -2.42. The third-order valence-electron chi connectivity index (χ3n) is 4.41. The summed E-state index contributed by atoms with van der Waals surface area (Å²) >= 11 is 6.20. The van der Waals surface area contributed by atoms with Gasteiger partial charge in [0, 0.05) is 18.0 Å². The third-order valence-corrected chi connectivity index (χ3v) is 4.78. The van der Waals surface area contributed by atoms with Crippen LogP contribution in [0.2, 0.25) is 5.02 Å². The maximum Gasteiger partial charge on any atom is 0.152 e. The Morgan fingerprint density at radius 3 is 2.58 bits per heavy atom. The molecule has 0 saturated carbocycles. The summed E-state index contributed by atoms with van der Waals surface area (Å²) in [5, 5.41) is 7.25. The number of ether oxygens (including phenoxy) is 1. The molecule has 0 bridgehead atoms. The molecule has 5 nitrogen and oxygen atoms in total. The zero-order valence-corrected chi connectivity index (χ0v) is 17.1. The molecule has 1 aliphatic rings. The maximum atomic E-state index is 6.48. The van der Waals surface area contributed by atoms with E-state index in [0.29, 0.717) is 24.1 Å². The topological polar surface area (TPSA) is 85.3 Å². The zero-order valence-electron chi connectivity index (χ0n) is 16.4. The Morgan fingerprint density at radius 2 is 1.96 bits per heavy atom. The van der Waals surface area contributed by atoms with Gasteiger partial charge in [0.25, 0.3) is 0 Å². The lowest BCUT2D eigenvalue weighted by atomic mass is 9.89. The molecule has 0 aromatic heterocycles. The molecule has 1 aromatic carbocycles. The SMILES string of the molecule is CC.CCN/C(N)=C(/OCCc1ccccc1Cl)C(N)C1CCNCC1. The summed E-state index contributed by atoms with van der Waals surface area (Å²) in [5.41, 5.74) is 13.7. The van der Waals surface area contributed by atoms with Crippen molar-refractivity contribution in [2.45, 2.75) is 46.1 Å². The van der Waals surface area contributed by atoms with E-state index in [9.17, 15) is 0 Å². The molecule has 1 heterocycles. The average Bonchev–Trinajstić information content (AvgIpc) is 2.68. The second kappa shape index (κ2) is 12.8. The normalized spacial score (nSPS) is 16.8. The minimum Gasteiger partial charge on any atom is -0.492 e. The van der Waals surface area contributed by atoms with Crippen LogP contribution in [0.5, 0.6) is 0 Å². The molecule has 6 heteroatoms. The van der Waals surface area contributed by atoms with Gasteiger partial charge in [0.15, 0.2) is 5.76 Å². The van der Waals surface area contributed by atoms with Gasteiger partial charge >= 0.3 is 0 Å². The summed E-state index contributed by atoms with van der Waals surface area (Å²) in [4.78, 5) is 0. The first-order valence-corrected chi connectivity index (χ1v) is 10.1. The predicted molar refractivity (Wildman–Crippen MR) is 111 cm³/mol. The first kappa shape index (κ1) is 22.6. The molecular weight excluding hydrogens is 348 g/mol. The molecule has 1 atom stereocenters.